The molecule has 1 saturated carbocycles. The number of ether oxygens (including phenoxy) is 1. The van der Waals surface area contributed by atoms with Gasteiger partial charge in [0.05, 0.1) is 18.7 Å². The molecule has 1 aromatic carbocycles. The number of fused-ring (bicyclic) bond motifs is 3. The lowest BCUT2D eigenvalue weighted by Gasteiger charge is -2.48. The number of aliphatic hydroxyl groups is 3. The van der Waals surface area contributed by atoms with E-state index < -0.39 is 58.0 Å². The molecule has 0 spiro atoms. The van der Waals surface area contributed by atoms with E-state index in [4.69, 9.17) is 10.5 Å². The number of aromatic hydroxyl groups is 1. The van der Waals surface area contributed by atoms with Crippen LogP contribution in [0.3, 0.4) is 0 Å². The van der Waals surface area contributed by atoms with Gasteiger partial charge in [0.2, 0.25) is 5.78 Å². The predicted molar refractivity (Wildman–Crippen MR) is 106 cm³/mol. The number of hydrogen-bond acceptors (Lipinski definition) is 9. The van der Waals surface area contributed by atoms with E-state index in [0.29, 0.717) is 11.3 Å². The van der Waals surface area contributed by atoms with Crippen LogP contribution in [0, 0.1) is 11.8 Å². The number of aliphatic hydroxyl groups excluding tert-OH is 2. The van der Waals surface area contributed by atoms with Gasteiger partial charge in [0.15, 0.2) is 11.4 Å². The van der Waals surface area contributed by atoms with Crippen LogP contribution in [-0.4, -0.2) is 63.7 Å². The molecule has 7 N–H and O–H groups in total. The fourth-order valence-electron chi connectivity index (χ4n) is 5.17. The molecular weight excluding hydrogens is 408 g/mol. The minimum Gasteiger partial charge on any atom is -0.508 e. The molecule has 31 heavy (non-hydrogen) atoms. The molecule has 0 saturated heterocycles. The molecule has 4 atom stereocenters. The van der Waals surface area contributed by atoms with E-state index in [1.54, 1.807) is 0 Å². The molecule has 0 unspecified atom stereocenters. The van der Waals surface area contributed by atoms with E-state index in [9.17, 15) is 34.8 Å². The Labute approximate surface area is 176 Å². The van der Waals surface area contributed by atoms with Gasteiger partial charge in [0.25, 0.3) is 5.91 Å². The summed E-state index contributed by atoms with van der Waals surface area (Å²) in [6, 6.07) is 1.67. The second-order valence-corrected chi connectivity index (χ2v) is 7.96. The molecule has 0 heterocycles. The van der Waals surface area contributed by atoms with Crippen molar-refractivity contribution in [2.45, 2.75) is 24.5 Å². The number of nitrogens with one attached hydrogen (secondary N) is 1. The van der Waals surface area contributed by atoms with Gasteiger partial charge in [-0.3, -0.25) is 14.4 Å². The zero-order valence-corrected chi connectivity index (χ0v) is 16.8. The van der Waals surface area contributed by atoms with Gasteiger partial charge in [-0.2, -0.15) is 0 Å². The van der Waals surface area contributed by atoms with E-state index in [1.807, 2.05) is 0 Å². The lowest BCUT2D eigenvalue weighted by atomic mass is 9.57. The van der Waals surface area contributed by atoms with Crippen LogP contribution in [-0.2, 0) is 20.8 Å². The highest BCUT2D eigenvalue weighted by molar-refractivity contribution is 6.24. The number of primary amides is 1. The summed E-state index contributed by atoms with van der Waals surface area (Å²) < 4.78 is 5.32. The van der Waals surface area contributed by atoms with Gasteiger partial charge in [-0.1, -0.05) is 0 Å². The van der Waals surface area contributed by atoms with Crippen LogP contribution >= 0.6 is 0 Å². The number of carbonyl (C=O) groups is 3. The van der Waals surface area contributed by atoms with Crippen LogP contribution in [0.4, 0.5) is 0 Å². The van der Waals surface area contributed by atoms with Gasteiger partial charge in [-0.15, -0.1) is 0 Å². The van der Waals surface area contributed by atoms with Crippen molar-refractivity contribution < 1.29 is 39.5 Å². The monoisotopic (exact) mass is 430 g/mol. The lowest BCUT2D eigenvalue weighted by molar-refractivity contribution is -0.150. The molecule has 10 heteroatoms. The molecule has 0 bridgehead atoms. The predicted octanol–water partition coefficient (Wildman–Crippen LogP) is -0.370. The number of phenolic OH excluding ortho intramolecular Hbond substituents is 1. The van der Waals surface area contributed by atoms with Crippen molar-refractivity contribution in [3.63, 3.8) is 0 Å². The molecule has 1 amide bonds. The smallest absolute Gasteiger partial charge is 0.255 e. The third kappa shape index (κ3) is 2.55. The number of methoxy groups -OCH3 is 1. The second kappa shape index (κ2) is 6.82. The van der Waals surface area contributed by atoms with Gasteiger partial charge in [0.1, 0.15) is 28.6 Å². The Morgan fingerprint density at radius 1 is 1.26 bits per heavy atom. The third-order valence-corrected chi connectivity index (χ3v) is 6.57. The molecule has 0 aliphatic heterocycles. The Morgan fingerprint density at radius 3 is 2.52 bits per heavy atom. The van der Waals surface area contributed by atoms with E-state index in [-0.39, 0.29) is 29.7 Å². The molecule has 3 aliphatic rings. The van der Waals surface area contributed by atoms with Crippen LogP contribution in [0.5, 0.6) is 11.5 Å². The number of ketones is 2. The van der Waals surface area contributed by atoms with E-state index in [1.165, 1.54) is 26.3 Å². The molecule has 4 rings (SSSR count). The normalized spacial score (nSPS) is 30.0. The maximum Gasteiger partial charge on any atom is 0.255 e. The van der Waals surface area contributed by atoms with Crippen molar-refractivity contribution in [2.75, 3.05) is 14.2 Å². The molecule has 3 aliphatic carbocycles. The third-order valence-electron chi connectivity index (χ3n) is 6.57. The molecular formula is C21H22N2O8. The lowest BCUT2D eigenvalue weighted by Crippen LogP contribution is -2.65. The Morgan fingerprint density at radius 2 is 1.94 bits per heavy atom. The van der Waals surface area contributed by atoms with Crippen LogP contribution in [0.1, 0.15) is 17.5 Å². The summed E-state index contributed by atoms with van der Waals surface area (Å²) in [5.74, 6) is -6.46. The molecule has 1 aromatic rings. The van der Waals surface area contributed by atoms with Gasteiger partial charge in [0, 0.05) is 17.1 Å². The van der Waals surface area contributed by atoms with E-state index in [0.717, 1.165) is 0 Å². The van der Waals surface area contributed by atoms with Crippen LogP contribution < -0.4 is 15.8 Å². The molecule has 0 radical (unpaired) electrons. The Kier molecular flexibility index (Phi) is 4.60. The summed E-state index contributed by atoms with van der Waals surface area (Å²) in [5.41, 5.74) is 2.01. The number of hydrogen-bond donors (Lipinski definition) is 6. The first-order valence-corrected chi connectivity index (χ1v) is 9.63. The summed E-state index contributed by atoms with van der Waals surface area (Å²) in [6.45, 7) is 0. The average Bonchev–Trinajstić information content (AvgIpc) is 2.71. The minimum absolute atomic E-state index is 0.00311. The zero-order valence-electron chi connectivity index (χ0n) is 16.8. The maximum atomic E-state index is 13.5. The van der Waals surface area contributed by atoms with Crippen LogP contribution in [0.2, 0.25) is 0 Å². The summed E-state index contributed by atoms with van der Waals surface area (Å²) in [7, 11) is 2.85. The van der Waals surface area contributed by atoms with Crippen molar-refractivity contribution in [3.8, 4) is 11.5 Å². The highest BCUT2D eigenvalue weighted by atomic mass is 16.5. The van der Waals surface area contributed by atoms with Gasteiger partial charge < -0.3 is 36.2 Å². The molecule has 0 aromatic heterocycles. The quantitative estimate of drug-likeness (QED) is 0.349. The molecule has 1 fully saturated rings. The van der Waals surface area contributed by atoms with Crippen LogP contribution in [0.25, 0.3) is 5.76 Å². The molecule has 164 valence electrons. The SMILES string of the molecule is CN[C@@H]1C(=O)C(C(N)=O)=C(O)[C@@]2(O)C(=O)C3=C(O)c4c(O)ccc(OC)c4C[C@H]3C[C@@H]12. The number of phenols is 1. The van der Waals surface area contributed by atoms with Gasteiger partial charge in [-0.05, 0) is 37.9 Å². The summed E-state index contributed by atoms with van der Waals surface area (Å²) in [5, 5.41) is 45.9. The summed E-state index contributed by atoms with van der Waals surface area (Å²) in [6.07, 6.45) is 0.204. The first-order valence-electron chi connectivity index (χ1n) is 9.63. The number of likely N-dealkylation sites (N-methyl/N-ethyl adjacent to an activating group) is 1. The van der Waals surface area contributed by atoms with E-state index >= 15 is 0 Å². The molecule has 10 nitrogen and oxygen atoms in total. The van der Waals surface area contributed by atoms with Gasteiger partial charge >= 0.3 is 0 Å². The standard InChI is InChI=1S/C21H22N2O8/c1-23-15-9-6-7-5-8-11(31-2)4-3-10(24)13(8)16(25)12(7)18(27)21(9,30)19(28)14(17(15)26)20(22)29/h3-4,7,9,15,23-25,28,30H,5-6H2,1-2H3,(H2,22,29)/t7-,9-,15-,21-/m0/s1. The largest absolute Gasteiger partial charge is 0.508 e. The average molecular weight is 430 g/mol. The second-order valence-electron chi connectivity index (χ2n) is 7.96. The highest BCUT2D eigenvalue weighted by Gasteiger charge is 2.63. The van der Waals surface area contributed by atoms with Crippen molar-refractivity contribution in [3.05, 3.63) is 40.2 Å². The first kappa shape index (κ1) is 20.9. The van der Waals surface area contributed by atoms with Crippen molar-refractivity contribution in [1.29, 1.82) is 0 Å². The summed E-state index contributed by atoms with van der Waals surface area (Å²) >= 11 is 0. The Balaban J connectivity index is 1.98. The first-order chi connectivity index (χ1) is 14.6. The van der Waals surface area contributed by atoms with Crippen molar-refractivity contribution in [2.24, 2.45) is 17.6 Å². The highest BCUT2D eigenvalue weighted by Crippen LogP contribution is 2.53. The maximum absolute atomic E-state index is 13.5. The zero-order chi connectivity index (χ0) is 22.8. The fraction of sp³-hybridized carbons (Fsp3) is 0.381. The van der Waals surface area contributed by atoms with Crippen molar-refractivity contribution in [1.82, 2.24) is 5.32 Å². The topological polar surface area (TPSA) is 179 Å². The van der Waals surface area contributed by atoms with Crippen LogP contribution in [0.15, 0.2) is 29.0 Å². The van der Waals surface area contributed by atoms with Gasteiger partial charge in [-0.25, -0.2) is 0 Å². The van der Waals surface area contributed by atoms with E-state index in [2.05, 4.69) is 5.32 Å². The minimum atomic E-state index is -2.64. The number of nitrogens with two attached hydrogens (primary N) is 1. The van der Waals surface area contributed by atoms with Crippen molar-refractivity contribution >= 4 is 23.2 Å². The number of rotatable bonds is 3. The number of benzene rings is 1. The Bertz CT molecular complexity index is 1100. The number of Topliss-reactive ketones (excluding diaryl/α,β-unsaturated/α-hetero) is 2. The number of carbonyl (C=O) groups excluding carboxylic acids is 3. The summed E-state index contributed by atoms with van der Waals surface area (Å²) in [4.78, 5) is 38.1. The Hall–Kier alpha value is -3.37. The fourth-order valence-corrected chi connectivity index (χ4v) is 5.17. The number of amides is 1.